The van der Waals surface area contributed by atoms with E-state index in [4.69, 9.17) is 14.2 Å². The summed E-state index contributed by atoms with van der Waals surface area (Å²) in [5.74, 6) is 2.39. The van der Waals surface area contributed by atoms with Gasteiger partial charge in [-0.05, 0) is 43.0 Å². The summed E-state index contributed by atoms with van der Waals surface area (Å²) in [6, 6.07) is 11.1. The van der Waals surface area contributed by atoms with Crippen LogP contribution in [0.3, 0.4) is 0 Å². The second-order valence-corrected chi connectivity index (χ2v) is 12.2. The lowest BCUT2D eigenvalue weighted by Gasteiger charge is -2.42. The molecule has 0 unspecified atom stereocenters. The lowest BCUT2D eigenvalue weighted by atomic mass is 9.84. The van der Waals surface area contributed by atoms with Crippen molar-refractivity contribution in [3.8, 4) is 17.2 Å². The third kappa shape index (κ3) is 5.09. The van der Waals surface area contributed by atoms with Crippen LogP contribution in [0.1, 0.15) is 38.2 Å². The van der Waals surface area contributed by atoms with E-state index >= 15 is 0 Å². The van der Waals surface area contributed by atoms with Crippen LogP contribution in [0.5, 0.6) is 17.2 Å². The zero-order valence-electron chi connectivity index (χ0n) is 21.4. The number of hydrogen-bond acceptors (Lipinski definition) is 8. The molecule has 2 heterocycles. The third-order valence-electron chi connectivity index (χ3n) is 7.33. The molecule has 10 heteroatoms. The summed E-state index contributed by atoms with van der Waals surface area (Å²) in [6.45, 7) is 3.74. The first kappa shape index (κ1) is 25.7. The van der Waals surface area contributed by atoms with Gasteiger partial charge in [0, 0.05) is 35.3 Å². The molecule has 5 rings (SSSR count). The number of ether oxygens (including phenoxy) is 3. The summed E-state index contributed by atoms with van der Waals surface area (Å²) in [5.41, 5.74) is 1.68. The normalized spacial score (nSPS) is 19.6. The number of nitrogens with zero attached hydrogens (tertiary/aromatic N) is 3. The maximum absolute atomic E-state index is 14.0. The second kappa shape index (κ2) is 10.8. The molecule has 8 nitrogen and oxygen atoms in total. The predicted octanol–water partition coefficient (Wildman–Crippen LogP) is 5.33. The van der Waals surface area contributed by atoms with Gasteiger partial charge in [-0.3, -0.25) is 0 Å². The average molecular weight is 544 g/mol. The van der Waals surface area contributed by atoms with Crippen LogP contribution < -0.4 is 23.4 Å². The smallest absolute Gasteiger partial charge is 0.266 e. The fraction of sp³-hybridized carbons (Fsp3) is 0.444. The summed E-state index contributed by atoms with van der Waals surface area (Å²) in [6.07, 6.45) is 6.49. The zero-order chi connectivity index (χ0) is 26.0. The van der Waals surface area contributed by atoms with Crippen LogP contribution in [0.4, 0.5) is 10.8 Å². The summed E-state index contributed by atoms with van der Waals surface area (Å²) in [7, 11) is -0.819. The van der Waals surface area contributed by atoms with E-state index in [0.717, 1.165) is 18.7 Å². The van der Waals surface area contributed by atoms with Crippen LogP contribution in [0.2, 0.25) is 0 Å². The molecule has 37 heavy (non-hydrogen) atoms. The van der Waals surface area contributed by atoms with Crippen molar-refractivity contribution in [1.82, 2.24) is 4.98 Å². The lowest BCUT2D eigenvalue weighted by molar-refractivity contribution is 0.261. The van der Waals surface area contributed by atoms with Crippen LogP contribution in [0.25, 0.3) is 0 Å². The second-order valence-electron chi connectivity index (χ2n) is 9.50. The quantitative estimate of drug-likeness (QED) is 0.380. The SMILES string of the molecule is COc1ccc(CN(c2nccs2)S(=O)(=O)c2ccc3c(c2)OCCN3[C@H]2CCCC[C@@H]2C)c(OC)c1. The van der Waals surface area contributed by atoms with Crippen molar-refractivity contribution in [2.75, 3.05) is 36.6 Å². The van der Waals surface area contributed by atoms with Gasteiger partial charge in [-0.1, -0.05) is 19.8 Å². The highest BCUT2D eigenvalue weighted by molar-refractivity contribution is 7.93. The Labute approximate surface area is 222 Å². The Morgan fingerprint density at radius 1 is 1.14 bits per heavy atom. The van der Waals surface area contributed by atoms with Crippen molar-refractivity contribution in [3.05, 3.63) is 53.5 Å². The van der Waals surface area contributed by atoms with Crippen molar-refractivity contribution < 1.29 is 22.6 Å². The predicted molar refractivity (Wildman–Crippen MR) is 146 cm³/mol. The fourth-order valence-corrected chi connectivity index (χ4v) is 7.63. The van der Waals surface area contributed by atoms with Gasteiger partial charge in [0.2, 0.25) is 0 Å². The van der Waals surface area contributed by atoms with Crippen molar-refractivity contribution in [2.45, 2.75) is 50.1 Å². The minimum Gasteiger partial charge on any atom is -0.497 e. The Hall–Kier alpha value is -2.98. The minimum atomic E-state index is -3.95. The largest absolute Gasteiger partial charge is 0.497 e. The molecule has 1 fully saturated rings. The highest BCUT2D eigenvalue weighted by Gasteiger charge is 2.33. The van der Waals surface area contributed by atoms with Crippen molar-refractivity contribution >= 4 is 32.2 Å². The first-order chi connectivity index (χ1) is 17.9. The molecule has 1 aliphatic heterocycles. The topological polar surface area (TPSA) is 81.2 Å². The first-order valence-electron chi connectivity index (χ1n) is 12.6. The highest BCUT2D eigenvalue weighted by Crippen LogP contribution is 2.40. The number of benzene rings is 2. The van der Waals surface area contributed by atoms with Crippen molar-refractivity contribution in [3.63, 3.8) is 0 Å². The van der Waals surface area contributed by atoms with E-state index in [0.29, 0.717) is 46.5 Å². The number of hydrogen-bond donors (Lipinski definition) is 0. The van der Waals surface area contributed by atoms with Gasteiger partial charge >= 0.3 is 0 Å². The molecule has 0 saturated heterocycles. The van der Waals surface area contributed by atoms with Gasteiger partial charge in [-0.15, -0.1) is 11.3 Å². The van der Waals surface area contributed by atoms with E-state index in [9.17, 15) is 8.42 Å². The number of sulfonamides is 1. The maximum atomic E-state index is 14.0. The molecule has 0 bridgehead atoms. The molecule has 2 aromatic carbocycles. The Balaban J connectivity index is 1.49. The molecule has 0 spiro atoms. The molecule has 0 N–H and O–H groups in total. The summed E-state index contributed by atoms with van der Waals surface area (Å²) in [4.78, 5) is 6.91. The molecule has 198 valence electrons. The number of anilines is 2. The highest BCUT2D eigenvalue weighted by atomic mass is 32.2. The van der Waals surface area contributed by atoms with E-state index in [1.54, 1.807) is 50.1 Å². The van der Waals surface area contributed by atoms with Gasteiger partial charge in [0.05, 0.1) is 37.9 Å². The molecule has 0 radical (unpaired) electrons. The molecule has 2 aliphatic rings. The van der Waals surface area contributed by atoms with E-state index in [2.05, 4.69) is 16.8 Å². The monoisotopic (exact) mass is 543 g/mol. The third-order valence-corrected chi connectivity index (χ3v) is 9.97. The van der Waals surface area contributed by atoms with E-state index in [1.807, 2.05) is 12.1 Å². The summed E-state index contributed by atoms with van der Waals surface area (Å²) in [5, 5.41) is 2.15. The zero-order valence-corrected chi connectivity index (χ0v) is 23.1. The van der Waals surface area contributed by atoms with E-state index < -0.39 is 10.0 Å². The van der Waals surface area contributed by atoms with E-state index in [-0.39, 0.29) is 11.4 Å². The van der Waals surface area contributed by atoms with Crippen LogP contribution in [-0.2, 0) is 16.6 Å². The van der Waals surface area contributed by atoms with Crippen LogP contribution in [0, 0.1) is 5.92 Å². The fourth-order valence-electron chi connectivity index (χ4n) is 5.35. The molecule has 3 aromatic rings. The van der Waals surface area contributed by atoms with Crippen LogP contribution in [-0.4, -0.2) is 46.8 Å². The molecule has 1 aliphatic carbocycles. The minimum absolute atomic E-state index is 0.0622. The molecular formula is C27H33N3O5S2. The summed E-state index contributed by atoms with van der Waals surface area (Å²) >= 11 is 1.27. The van der Waals surface area contributed by atoms with Crippen molar-refractivity contribution in [2.24, 2.45) is 5.92 Å². The molecule has 1 aromatic heterocycles. The van der Waals surface area contributed by atoms with Crippen LogP contribution >= 0.6 is 11.3 Å². The number of aromatic nitrogens is 1. The van der Waals surface area contributed by atoms with Crippen molar-refractivity contribution in [1.29, 1.82) is 0 Å². The molecule has 2 atom stereocenters. The standard InChI is InChI=1S/C27H33N3O5S2/c1-19-6-4-5-7-23(19)29-13-14-35-26-17-22(10-11-24(26)29)37(31,32)30(27-28-12-15-36-27)18-20-8-9-21(33-2)16-25(20)34-3/h8-12,15-17,19,23H,4-7,13-14,18H2,1-3H3/t19-,23-/m0/s1. The van der Waals surface area contributed by atoms with Gasteiger partial charge in [-0.2, -0.15) is 0 Å². The van der Waals surface area contributed by atoms with Gasteiger partial charge in [0.1, 0.15) is 23.9 Å². The molecular weight excluding hydrogens is 510 g/mol. The Morgan fingerprint density at radius 2 is 1.97 bits per heavy atom. The molecule has 0 amide bonds. The number of methoxy groups -OCH3 is 2. The average Bonchev–Trinajstić information content (AvgIpc) is 3.46. The Bertz CT molecular complexity index is 1330. The van der Waals surface area contributed by atoms with Gasteiger partial charge in [0.25, 0.3) is 10.0 Å². The van der Waals surface area contributed by atoms with Gasteiger partial charge < -0.3 is 19.1 Å². The number of fused-ring (bicyclic) bond motifs is 1. The Kier molecular flexibility index (Phi) is 7.48. The molecule has 1 saturated carbocycles. The van der Waals surface area contributed by atoms with Gasteiger partial charge in [0.15, 0.2) is 5.13 Å². The van der Waals surface area contributed by atoms with Gasteiger partial charge in [-0.25, -0.2) is 17.7 Å². The number of rotatable bonds is 8. The Morgan fingerprint density at radius 3 is 2.70 bits per heavy atom. The lowest BCUT2D eigenvalue weighted by Crippen LogP contribution is -2.45. The summed E-state index contributed by atoms with van der Waals surface area (Å²) < 4.78 is 46.2. The van der Waals surface area contributed by atoms with E-state index in [1.165, 1.54) is 34.9 Å². The maximum Gasteiger partial charge on any atom is 0.266 e. The first-order valence-corrected chi connectivity index (χ1v) is 14.9. The number of thiazole rings is 1. The van der Waals surface area contributed by atoms with Crippen LogP contribution in [0.15, 0.2) is 52.9 Å².